The molecule has 0 amide bonds. The van der Waals surface area contributed by atoms with Crippen LogP contribution in [0.3, 0.4) is 0 Å². The van der Waals surface area contributed by atoms with E-state index in [-0.39, 0.29) is 22.0 Å². The molecule has 0 aliphatic carbocycles. The van der Waals surface area contributed by atoms with Crippen molar-refractivity contribution in [1.82, 2.24) is 9.97 Å². The number of benzene rings is 1. The van der Waals surface area contributed by atoms with Crippen LogP contribution in [0.1, 0.15) is 11.5 Å². The molecule has 1 aromatic carbocycles. The van der Waals surface area contributed by atoms with Gasteiger partial charge in [0.05, 0.1) is 4.90 Å². The quantitative estimate of drug-likeness (QED) is 0.821. The lowest BCUT2D eigenvalue weighted by Gasteiger charge is -2.05. The van der Waals surface area contributed by atoms with Crippen LogP contribution in [0.5, 0.6) is 0 Å². The lowest BCUT2D eigenvalue weighted by Crippen LogP contribution is -2.17. The summed E-state index contributed by atoms with van der Waals surface area (Å²) in [5.74, 6) is -0.213. The number of sulfone groups is 1. The van der Waals surface area contributed by atoms with E-state index in [1.165, 1.54) is 18.2 Å². The molecule has 2 rings (SSSR count). The van der Waals surface area contributed by atoms with Crippen LogP contribution in [0.15, 0.2) is 46.1 Å². The Kier molecular flexibility index (Phi) is 4.31. The largest absolute Gasteiger partial charge is 0.330 e. The Bertz CT molecular complexity index is 739. The van der Waals surface area contributed by atoms with Crippen molar-refractivity contribution in [3.8, 4) is 0 Å². The second-order valence-corrected chi connectivity index (χ2v) is 6.28. The van der Waals surface area contributed by atoms with E-state index in [2.05, 4.69) is 9.97 Å². The van der Waals surface area contributed by atoms with Crippen LogP contribution in [0.2, 0.25) is 0 Å². The maximum Gasteiger partial charge on any atom is 0.251 e. The average molecular weight is 293 g/mol. The zero-order chi connectivity index (χ0) is 14.6. The van der Waals surface area contributed by atoms with Gasteiger partial charge in [0, 0.05) is 18.2 Å². The van der Waals surface area contributed by atoms with Gasteiger partial charge in [-0.25, -0.2) is 13.4 Å². The van der Waals surface area contributed by atoms with E-state index in [0.29, 0.717) is 18.7 Å². The third-order valence-electron chi connectivity index (χ3n) is 2.67. The van der Waals surface area contributed by atoms with Gasteiger partial charge in [-0.1, -0.05) is 18.2 Å². The summed E-state index contributed by atoms with van der Waals surface area (Å²) in [5, 5.41) is 0. The molecule has 6 nitrogen and oxygen atoms in total. The molecule has 1 heterocycles. The lowest BCUT2D eigenvalue weighted by atomic mass is 10.3. The Labute approximate surface area is 116 Å². The van der Waals surface area contributed by atoms with Crippen LogP contribution >= 0.6 is 0 Å². The molecule has 1 aromatic heterocycles. The van der Waals surface area contributed by atoms with E-state index in [9.17, 15) is 13.2 Å². The Balaban J connectivity index is 2.32. The highest BCUT2D eigenvalue weighted by Crippen LogP contribution is 2.13. The summed E-state index contributed by atoms with van der Waals surface area (Å²) in [6.45, 7) is 0.349. The molecule has 0 aliphatic heterocycles. The molecule has 0 spiro atoms. The summed E-state index contributed by atoms with van der Waals surface area (Å²) in [5.41, 5.74) is 5.53. The second kappa shape index (κ2) is 5.98. The number of hydrogen-bond donors (Lipinski definition) is 2. The van der Waals surface area contributed by atoms with Crippen molar-refractivity contribution in [3.05, 3.63) is 58.3 Å². The molecule has 0 saturated carbocycles. The van der Waals surface area contributed by atoms with Gasteiger partial charge in [0.15, 0.2) is 9.84 Å². The Morgan fingerprint density at radius 3 is 2.55 bits per heavy atom. The molecule has 0 unspecified atom stereocenters. The van der Waals surface area contributed by atoms with E-state index >= 15 is 0 Å². The third kappa shape index (κ3) is 3.52. The number of aromatic nitrogens is 2. The summed E-state index contributed by atoms with van der Waals surface area (Å²) in [7, 11) is -3.53. The number of nitrogens with one attached hydrogen (secondary N) is 1. The minimum absolute atomic E-state index is 0.129. The second-order valence-electron chi connectivity index (χ2n) is 4.29. The molecule has 0 fully saturated rings. The van der Waals surface area contributed by atoms with Crippen molar-refractivity contribution >= 4 is 9.84 Å². The first-order chi connectivity index (χ1) is 9.51. The van der Waals surface area contributed by atoms with Crippen molar-refractivity contribution in [2.24, 2.45) is 5.73 Å². The molecule has 106 valence electrons. The molecule has 0 radical (unpaired) electrons. The molecule has 7 heteroatoms. The van der Waals surface area contributed by atoms with E-state index in [1.54, 1.807) is 18.2 Å². The number of rotatable bonds is 5. The first-order valence-electron chi connectivity index (χ1n) is 6.08. The zero-order valence-electron chi connectivity index (χ0n) is 10.7. The van der Waals surface area contributed by atoms with Crippen molar-refractivity contribution in [2.75, 3.05) is 6.54 Å². The highest BCUT2D eigenvalue weighted by atomic mass is 32.2. The molecule has 0 aliphatic rings. The smallest absolute Gasteiger partial charge is 0.251 e. The van der Waals surface area contributed by atoms with Gasteiger partial charge >= 0.3 is 0 Å². The van der Waals surface area contributed by atoms with Gasteiger partial charge < -0.3 is 10.7 Å². The fraction of sp³-hybridized carbons (Fsp3) is 0.231. The van der Waals surface area contributed by atoms with Crippen LogP contribution in [0, 0.1) is 0 Å². The Morgan fingerprint density at radius 2 is 1.90 bits per heavy atom. The number of hydrogen-bond acceptors (Lipinski definition) is 5. The number of nitrogens with zero attached hydrogens (tertiary/aromatic N) is 1. The fourth-order valence-corrected chi connectivity index (χ4v) is 3.03. The van der Waals surface area contributed by atoms with E-state index in [4.69, 9.17) is 5.73 Å². The van der Waals surface area contributed by atoms with Crippen molar-refractivity contribution in [3.63, 3.8) is 0 Å². The molecular weight excluding hydrogens is 278 g/mol. The van der Waals surface area contributed by atoms with E-state index in [1.807, 2.05) is 0 Å². The summed E-state index contributed by atoms with van der Waals surface area (Å²) in [4.78, 5) is 18.2. The molecular formula is C13H15N3O3S. The van der Waals surface area contributed by atoms with Crippen LogP contribution < -0.4 is 11.3 Å². The van der Waals surface area contributed by atoms with Crippen molar-refractivity contribution in [1.29, 1.82) is 0 Å². The first-order valence-corrected chi connectivity index (χ1v) is 7.73. The van der Waals surface area contributed by atoms with Crippen LogP contribution in [-0.4, -0.2) is 24.9 Å². The van der Waals surface area contributed by atoms with Gasteiger partial charge in [-0.15, -0.1) is 0 Å². The molecule has 3 N–H and O–H groups in total. The van der Waals surface area contributed by atoms with Gasteiger partial charge in [0.1, 0.15) is 11.6 Å². The number of aromatic amines is 1. The monoisotopic (exact) mass is 293 g/mol. The SMILES string of the molecule is NCCc1cc(=O)[nH]c(CS(=O)(=O)c2ccccc2)n1. The minimum Gasteiger partial charge on any atom is -0.330 e. The fourth-order valence-electron chi connectivity index (χ4n) is 1.80. The summed E-state index contributed by atoms with van der Waals surface area (Å²) >= 11 is 0. The summed E-state index contributed by atoms with van der Waals surface area (Å²) in [6, 6.07) is 9.38. The van der Waals surface area contributed by atoms with E-state index in [0.717, 1.165) is 0 Å². The minimum atomic E-state index is -3.53. The van der Waals surface area contributed by atoms with Crippen molar-refractivity contribution in [2.45, 2.75) is 17.1 Å². The standard InChI is InChI=1S/C13H15N3O3S/c14-7-6-10-8-13(17)16-12(15-10)9-20(18,19)11-4-2-1-3-5-11/h1-5,8H,6-7,9,14H2,(H,15,16,17). The summed E-state index contributed by atoms with van der Waals surface area (Å²) in [6.07, 6.45) is 0.433. The maximum absolute atomic E-state index is 12.2. The summed E-state index contributed by atoms with van der Waals surface area (Å²) < 4.78 is 24.4. The van der Waals surface area contributed by atoms with Crippen LogP contribution in [-0.2, 0) is 22.0 Å². The van der Waals surface area contributed by atoms with Gasteiger partial charge in [-0.3, -0.25) is 4.79 Å². The molecule has 2 aromatic rings. The molecule has 0 atom stereocenters. The molecule has 0 saturated heterocycles. The van der Waals surface area contributed by atoms with Crippen molar-refractivity contribution < 1.29 is 8.42 Å². The Morgan fingerprint density at radius 1 is 1.20 bits per heavy atom. The predicted octanol–water partition coefficient (Wildman–Crippen LogP) is 0.245. The van der Waals surface area contributed by atoms with Gasteiger partial charge in [-0.2, -0.15) is 0 Å². The number of H-pyrrole nitrogens is 1. The number of nitrogens with two attached hydrogens (primary N) is 1. The topological polar surface area (TPSA) is 106 Å². The zero-order valence-corrected chi connectivity index (χ0v) is 11.6. The van der Waals surface area contributed by atoms with Gasteiger partial charge in [0.2, 0.25) is 0 Å². The van der Waals surface area contributed by atoms with Gasteiger partial charge in [-0.05, 0) is 18.7 Å². The molecule has 0 bridgehead atoms. The van der Waals surface area contributed by atoms with Gasteiger partial charge in [0.25, 0.3) is 5.56 Å². The average Bonchev–Trinajstić information content (AvgIpc) is 2.39. The highest BCUT2D eigenvalue weighted by Gasteiger charge is 2.16. The maximum atomic E-state index is 12.2. The lowest BCUT2D eigenvalue weighted by molar-refractivity contribution is 0.593. The highest BCUT2D eigenvalue weighted by molar-refractivity contribution is 7.90. The Hall–Kier alpha value is -1.99. The third-order valence-corrected chi connectivity index (χ3v) is 4.32. The predicted molar refractivity (Wildman–Crippen MR) is 74.9 cm³/mol. The van der Waals surface area contributed by atoms with Crippen LogP contribution in [0.25, 0.3) is 0 Å². The normalized spacial score (nSPS) is 11.4. The molecule has 20 heavy (non-hydrogen) atoms. The van der Waals surface area contributed by atoms with E-state index < -0.39 is 9.84 Å². The first kappa shape index (κ1) is 14.4. The van der Waals surface area contributed by atoms with Crippen LogP contribution in [0.4, 0.5) is 0 Å².